The minimum Gasteiger partial charge on any atom is -0.333 e. The van der Waals surface area contributed by atoms with E-state index in [2.05, 4.69) is 59.0 Å². The average molecular weight is 280 g/mol. The first-order valence-corrected chi connectivity index (χ1v) is 7.60. The first kappa shape index (κ1) is 13.0. The van der Waals surface area contributed by atoms with Crippen LogP contribution in [0.25, 0.3) is 11.0 Å². The molecule has 0 atom stereocenters. The van der Waals surface area contributed by atoms with Gasteiger partial charge in [0.2, 0.25) is 0 Å². The average Bonchev–Trinajstić information content (AvgIpc) is 2.88. The van der Waals surface area contributed by atoms with Crippen LogP contribution in [0.1, 0.15) is 11.1 Å². The van der Waals surface area contributed by atoms with Crippen molar-refractivity contribution in [3.63, 3.8) is 0 Å². The maximum Gasteiger partial charge on any atom is 0.166 e. The van der Waals surface area contributed by atoms with Crippen molar-refractivity contribution < 1.29 is 0 Å². The van der Waals surface area contributed by atoms with E-state index in [-0.39, 0.29) is 0 Å². The monoisotopic (exact) mass is 280 g/mol. The number of H-pyrrole nitrogens is 1. The second kappa shape index (κ2) is 5.97. The number of aromatic amines is 1. The molecule has 3 heteroatoms. The molecule has 1 N–H and O–H groups in total. The van der Waals surface area contributed by atoms with Crippen molar-refractivity contribution in [3.8, 4) is 0 Å². The van der Waals surface area contributed by atoms with Crippen molar-refractivity contribution in [2.45, 2.75) is 11.6 Å². The Morgan fingerprint density at radius 2 is 1.95 bits per heavy atom. The second-order valence-electron chi connectivity index (χ2n) is 4.66. The molecular formula is C17H16N2S. The summed E-state index contributed by atoms with van der Waals surface area (Å²) in [5, 5.41) is 0.955. The van der Waals surface area contributed by atoms with Crippen molar-refractivity contribution in [2.24, 2.45) is 0 Å². The maximum absolute atomic E-state index is 4.56. The maximum atomic E-state index is 4.56. The van der Waals surface area contributed by atoms with Gasteiger partial charge in [0.1, 0.15) is 0 Å². The molecule has 0 saturated carbocycles. The lowest BCUT2D eigenvalue weighted by Crippen LogP contribution is -1.87. The summed E-state index contributed by atoms with van der Waals surface area (Å²) < 4.78 is 0. The molecule has 1 aromatic heterocycles. The van der Waals surface area contributed by atoms with Gasteiger partial charge in [0, 0.05) is 5.75 Å². The lowest BCUT2D eigenvalue weighted by molar-refractivity contribution is 1.08. The molecule has 100 valence electrons. The molecular weight excluding hydrogens is 264 g/mol. The Morgan fingerprint density at radius 1 is 1.10 bits per heavy atom. The van der Waals surface area contributed by atoms with E-state index in [1.165, 1.54) is 11.1 Å². The van der Waals surface area contributed by atoms with Crippen LogP contribution in [-0.2, 0) is 6.42 Å². The summed E-state index contributed by atoms with van der Waals surface area (Å²) in [7, 11) is 0. The zero-order valence-electron chi connectivity index (χ0n) is 11.2. The topological polar surface area (TPSA) is 28.7 Å². The lowest BCUT2D eigenvalue weighted by atomic mass is 10.0. The smallest absolute Gasteiger partial charge is 0.166 e. The molecule has 0 saturated heterocycles. The second-order valence-corrected chi connectivity index (χ2v) is 5.66. The molecule has 1 heterocycles. The zero-order chi connectivity index (χ0) is 13.8. The number of imidazole rings is 1. The molecule has 3 aromatic rings. The SMILES string of the molecule is C=CCSc1nc2ccc(Cc3ccccc3)cc2[nH]1. The summed E-state index contributed by atoms with van der Waals surface area (Å²) in [4.78, 5) is 7.92. The van der Waals surface area contributed by atoms with Gasteiger partial charge in [0.05, 0.1) is 11.0 Å². The van der Waals surface area contributed by atoms with Crippen LogP contribution in [0.15, 0.2) is 66.3 Å². The number of hydrogen-bond acceptors (Lipinski definition) is 2. The van der Waals surface area contributed by atoms with Gasteiger partial charge >= 0.3 is 0 Å². The Kier molecular flexibility index (Phi) is 3.88. The molecule has 0 amide bonds. The third-order valence-corrected chi connectivity index (χ3v) is 3.98. The van der Waals surface area contributed by atoms with Crippen molar-refractivity contribution in [2.75, 3.05) is 5.75 Å². The molecule has 0 aliphatic carbocycles. The first-order chi connectivity index (χ1) is 9.85. The molecule has 0 radical (unpaired) electrons. The molecule has 0 unspecified atom stereocenters. The van der Waals surface area contributed by atoms with Gasteiger partial charge in [-0.25, -0.2) is 4.98 Å². The highest BCUT2D eigenvalue weighted by Gasteiger charge is 2.04. The van der Waals surface area contributed by atoms with Gasteiger partial charge in [-0.3, -0.25) is 0 Å². The Labute approximate surface area is 122 Å². The normalized spacial score (nSPS) is 10.8. The van der Waals surface area contributed by atoms with Gasteiger partial charge in [-0.05, 0) is 29.7 Å². The molecule has 3 rings (SSSR count). The molecule has 20 heavy (non-hydrogen) atoms. The minimum absolute atomic E-state index is 0.872. The van der Waals surface area contributed by atoms with E-state index in [4.69, 9.17) is 0 Å². The van der Waals surface area contributed by atoms with Crippen LogP contribution < -0.4 is 0 Å². The number of nitrogens with zero attached hydrogens (tertiary/aromatic N) is 1. The van der Waals surface area contributed by atoms with E-state index in [0.717, 1.165) is 28.4 Å². The Balaban J connectivity index is 1.84. The summed E-state index contributed by atoms with van der Waals surface area (Å²) in [5.41, 5.74) is 4.75. The van der Waals surface area contributed by atoms with Crippen LogP contribution in [-0.4, -0.2) is 15.7 Å². The van der Waals surface area contributed by atoms with Gasteiger partial charge in [-0.15, -0.1) is 6.58 Å². The zero-order valence-corrected chi connectivity index (χ0v) is 12.0. The van der Waals surface area contributed by atoms with Gasteiger partial charge in [0.15, 0.2) is 5.16 Å². The van der Waals surface area contributed by atoms with Crippen molar-refractivity contribution >= 4 is 22.8 Å². The third kappa shape index (κ3) is 2.94. The van der Waals surface area contributed by atoms with Crippen molar-refractivity contribution in [1.29, 1.82) is 0 Å². The van der Waals surface area contributed by atoms with Crippen LogP contribution in [0, 0.1) is 0 Å². The van der Waals surface area contributed by atoms with Crippen LogP contribution in [0.4, 0.5) is 0 Å². The fourth-order valence-corrected chi connectivity index (χ4v) is 2.80. The molecule has 0 aliphatic rings. The Hall–Kier alpha value is -2.00. The molecule has 0 aliphatic heterocycles. The van der Waals surface area contributed by atoms with Gasteiger partial charge < -0.3 is 4.98 Å². The molecule has 2 nitrogen and oxygen atoms in total. The fraction of sp³-hybridized carbons (Fsp3) is 0.118. The summed E-state index contributed by atoms with van der Waals surface area (Å²) in [6.45, 7) is 3.73. The number of thioether (sulfide) groups is 1. The summed E-state index contributed by atoms with van der Waals surface area (Å²) in [5.74, 6) is 0.872. The largest absolute Gasteiger partial charge is 0.333 e. The highest BCUT2D eigenvalue weighted by molar-refractivity contribution is 7.99. The number of fused-ring (bicyclic) bond motifs is 1. The molecule has 0 spiro atoms. The van der Waals surface area contributed by atoms with Crippen molar-refractivity contribution in [1.82, 2.24) is 9.97 Å². The van der Waals surface area contributed by atoms with Gasteiger partial charge in [0.25, 0.3) is 0 Å². The number of hydrogen-bond donors (Lipinski definition) is 1. The summed E-state index contributed by atoms with van der Waals surface area (Å²) in [6.07, 6.45) is 2.84. The molecule has 0 bridgehead atoms. The van der Waals surface area contributed by atoms with E-state index < -0.39 is 0 Å². The fourth-order valence-electron chi connectivity index (χ4n) is 2.18. The summed E-state index contributed by atoms with van der Waals surface area (Å²) in [6, 6.07) is 16.9. The first-order valence-electron chi connectivity index (χ1n) is 6.61. The van der Waals surface area contributed by atoms with Crippen LogP contribution in [0.5, 0.6) is 0 Å². The van der Waals surface area contributed by atoms with Gasteiger partial charge in [-0.2, -0.15) is 0 Å². The van der Waals surface area contributed by atoms with Crippen LogP contribution in [0.2, 0.25) is 0 Å². The summed E-state index contributed by atoms with van der Waals surface area (Å²) >= 11 is 1.67. The molecule has 0 fully saturated rings. The number of nitrogens with one attached hydrogen (secondary N) is 1. The highest BCUT2D eigenvalue weighted by atomic mass is 32.2. The van der Waals surface area contributed by atoms with Crippen LogP contribution >= 0.6 is 11.8 Å². The van der Waals surface area contributed by atoms with E-state index in [1.807, 2.05) is 12.1 Å². The Morgan fingerprint density at radius 3 is 2.75 bits per heavy atom. The third-order valence-electron chi connectivity index (χ3n) is 3.11. The van der Waals surface area contributed by atoms with Crippen molar-refractivity contribution in [3.05, 3.63) is 72.3 Å². The number of benzene rings is 2. The predicted molar refractivity (Wildman–Crippen MR) is 86.3 cm³/mol. The number of aromatic nitrogens is 2. The van der Waals surface area contributed by atoms with Gasteiger partial charge in [-0.1, -0.05) is 54.2 Å². The standard InChI is InChI=1S/C17H16N2S/c1-2-10-20-17-18-15-9-8-14(12-16(15)19-17)11-13-6-4-3-5-7-13/h2-9,12H,1,10-11H2,(H,18,19). The Bertz CT molecular complexity index is 716. The van der Waals surface area contributed by atoms with E-state index >= 15 is 0 Å². The van der Waals surface area contributed by atoms with Crippen LogP contribution in [0.3, 0.4) is 0 Å². The van der Waals surface area contributed by atoms with E-state index in [9.17, 15) is 0 Å². The quantitative estimate of drug-likeness (QED) is 0.553. The van der Waals surface area contributed by atoms with E-state index in [1.54, 1.807) is 11.8 Å². The molecule has 2 aromatic carbocycles. The minimum atomic E-state index is 0.872. The van der Waals surface area contributed by atoms with E-state index in [0.29, 0.717) is 0 Å². The highest BCUT2D eigenvalue weighted by Crippen LogP contribution is 2.21. The number of rotatable bonds is 5. The lowest BCUT2D eigenvalue weighted by Gasteiger charge is -2.01. The predicted octanol–water partition coefficient (Wildman–Crippen LogP) is 4.43.